The predicted molar refractivity (Wildman–Crippen MR) is 104 cm³/mol. The molecule has 3 aromatic rings. The van der Waals surface area contributed by atoms with Crippen LogP contribution < -0.4 is 9.47 Å². The Bertz CT molecular complexity index is 1070. The van der Waals surface area contributed by atoms with Crippen molar-refractivity contribution in [1.29, 1.82) is 0 Å². The van der Waals surface area contributed by atoms with Gasteiger partial charge in [-0.3, -0.25) is 0 Å². The number of methoxy groups -OCH3 is 1. The summed E-state index contributed by atoms with van der Waals surface area (Å²) < 4.78 is 38.5. The van der Waals surface area contributed by atoms with Crippen molar-refractivity contribution in [3.8, 4) is 11.5 Å². The van der Waals surface area contributed by atoms with Gasteiger partial charge in [-0.1, -0.05) is 0 Å². The maximum Gasteiger partial charge on any atom is 0.243 e. The summed E-state index contributed by atoms with van der Waals surface area (Å²) in [6.45, 7) is 3.24. The van der Waals surface area contributed by atoms with E-state index in [0.29, 0.717) is 31.9 Å². The Kier molecular flexibility index (Phi) is 4.57. The van der Waals surface area contributed by atoms with E-state index in [2.05, 4.69) is 4.98 Å². The number of H-pyrrole nitrogens is 1. The van der Waals surface area contributed by atoms with Crippen LogP contribution in [0.3, 0.4) is 0 Å². The average molecular weight is 386 g/mol. The van der Waals surface area contributed by atoms with Crippen LogP contribution in [-0.2, 0) is 23.0 Å². The molecule has 0 fully saturated rings. The van der Waals surface area contributed by atoms with Crippen LogP contribution in [0.15, 0.2) is 47.4 Å². The molecule has 0 spiro atoms. The number of hydrogen-bond donors (Lipinski definition) is 1. The Morgan fingerprint density at radius 3 is 2.56 bits per heavy atom. The minimum atomic E-state index is -3.57. The van der Waals surface area contributed by atoms with E-state index in [4.69, 9.17) is 9.47 Å². The molecule has 1 aromatic heterocycles. The second kappa shape index (κ2) is 6.90. The molecule has 0 aliphatic carbocycles. The maximum atomic E-state index is 13.1. The molecule has 27 heavy (non-hydrogen) atoms. The van der Waals surface area contributed by atoms with Crippen LogP contribution in [0.5, 0.6) is 11.5 Å². The van der Waals surface area contributed by atoms with Gasteiger partial charge in [0.25, 0.3) is 0 Å². The normalized spacial score (nSPS) is 14.9. The van der Waals surface area contributed by atoms with Gasteiger partial charge in [0.1, 0.15) is 11.5 Å². The lowest BCUT2D eigenvalue weighted by Gasteiger charge is -2.26. The Morgan fingerprint density at radius 2 is 1.85 bits per heavy atom. The molecule has 1 N–H and O–H groups in total. The largest absolute Gasteiger partial charge is 0.497 e. The average Bonchev–Trinajstić information content (AvgIpc) is 3.05. The molecule has 6 nitrogen and oxygen atoms in total. The summed E-state index contributed by atoms with van der Waals surface area (Å²) in [7, 11) is -1.94. The fourth-order valence-corrected chi connectivity index (χ4v) is 4.93. The molecule has 1 aliphatic rings. The minimum Gasteiger partial charge on any atom is -0.497 e. The molecule has 0 bridgehead atoms. The molecule has 0 saturated carbocycles. The van der Waals surface area contributed by atoms with Gasteiger partial charge in [0.15, 0.2) is 0 Å². The quantitative estimate of drug-likeness (QED) is 0.730. The molecule has 4 rings (SSSR count). The van der Waals surface area contributed by atoms with E-state index in [-0.39, 0.29) is 4.90 Å². The Hall–Kier alpha value is -2.51. The first-order chi connectivity index (χ1) is 13.0. The van der Waals surface area contributed by atoms with E-state index in [9.17, 15) is 8.42 Å². The van der Waals surface area contributed by atoms with Crippen molar-refractivity contribution in [1.82, 2.24) is 9.29 Å². The Morgan fingerprint density at radius 1 is 1.11 bits per heavy atom. The first-order valence-corrected chi connectivity index (χ1v) is 10.4. The number of benzene rings is 2. The summed E-state index contributed by atoms with van der Waals surface area (Å²) in [4.78, 5) is 3.69. The first-order valence-electron chi connectivity index (χ1n) is 8.93. The standard InChI is InChI=1S/C20H22N2O4S/c1-3-26-14-4-7-16(8-5-14)27(23,24)22-11-10-20-18(13-22)17-12-15(25-2)6-9-19(17)21-20/h4-9,12,21H,3,10-11,13H2,1-2H3. The monoisotopic (exact) mass is 386 g/mol. The summed E-state index contributed by atoms with van der Waals surface area (Å²) in [5.41, 5.74) is 3.11. The fraction of sp³-hybridized carbons (Fsp3) is 0.300. The van der Waals surface area contributed by atoms with Gasteiger partial charge in [-0.05, 0) is 55.0 Å². The number of aromatic amines is 1. The van der Waals surface area contributed by atoms with Crippen LogP contribution in [-0.4, -0.2) is 38.0 Å². The van der Waals surface area contributed by atoms with E-state index in [1.165, 1.54) is 4.31 Å². The molecule has 0 saturated heterocycles. The van der Waals surface area contributed by atoms with Crippen LogP contribution in [0.2, 0.25) is 0 Å². The molecule has 2 aromatic carbocycles. The smallest absolute Gasteiger partial charge is 0.243 e. The molecule has 0 radical (unpaired) electrons. The van der Waals surface area contributed by atoms with Gasteiger partial charge in [-0.25, -0.2) is 8.42 Å². The number of nitrogens with one attached hydrogen (secondary N) is 1. The topological polar surface area (TPSA) is 71.6 Å². The van der Waals surface area contributed by atoms with Gasteiger partial charge in [-0.2, -0.15) is 4.31 Å². The Labute approximate surface area is 158 Å². The van der Waals surface area contributed by atoms with Gasteiger partial charge in [0.05, 0.1) is 18.6 Å². The van der Waals surface area contributed by atoms with Crippen molar-refractivity contribution in [3.63, 3.8) is 0 Å². The highest BCUT2D eigenvalue weighted by Crippen LogP contribution is 2.32. The predicted octanol–water partition coefficient (Wildman–Crippen LogP) is 3.32. The summed E-state index contributed by atoms with van der Waals surface area (Å²) in [5.74, 6) is 1.43. The van der Waals surface area contributed by atoms with E-state index in [1.54, 1.807) is 31.4 Å². The van der Waals surface area contributed by atoms with Crippen molar-refractivity contribution in [2.75, 3.05) is 20.3 Å². The van der Waals surface area contributed by atoms with Gasteiger partial charge < -0.3 is 14.5 Å². The van der Waals surface area contributed by atoms with Crippen molar-refractivity contribution in [2.24, 2.45) is 0 Å². The molecule has 1 aliphatic heterocycles. The highest BCUT2D eigenvalue weighted by Gasteiger charge is 2.30. The zero-order valence-electron chi connectivity index (χ0n) is 15.4. The third-order valence-corrected chi connectivity index (χ3v) is 6.78. The number of fused-ring (bicyclic) bond motifs is 3. The van der Waals surface area contributed by atoms with Crippen molar-refractivity contribution >= 4 is 20.9 Å². The molecule has 7 heteroatoms. The lowest BCUT2D eigenvalue weighted by atomic mass is 10.1. The van der Waals surface area contributed by atoms with Gasteiger partial charge in [-0.15, -0.1) is 0 Å². The lowest BCUT2D eigenvalue weighted by Crippen LogP contribution is -2.35. The van der Waals surface area contributed by atoms with E-state index >= 15 is 0 Å². The van der Waals surface area contributed by atoms with E-state index in [0.717, 1.165) is 27.9 Å². The molecule has 0 unspecified atom stereocenters. The highest BCUT2D eigenvalue weighted by atomic mass is 32.2. The highest BCUT2D eigenvalue weighted by molar-refractivity contribution is 7.89. The zero-order valence-corrected chi connectivity index (χ0v) is 16.2. The van der Waals surface area contributed by atoms with Crippen LogP contribution in [0.4, 0.5) is 0 Å². The van der Waals surface area contributed by atoms with Crippen LogP contribution in [0.25, 0.3) is 10.9 Å². The molecule has 2 heterocycles. The SMILES string of the molecule is CCOc1ccc(S(=O)(=O)N2CCc3[nH]c4ccc(OC)cc4c3C2)cc1. The summed E-state index contributed by atoms with van der Waals surface area (Å²) in [5, 5.41) is 1.01. The van der Waals surface area contributed by atoms with Crippen LogP contribution in [0.1, 0.15) is 18.2 Å². The molecule has 0 atom stereocenters. The lowest BCUT2D eigenvalue weighted by molar-refractivity contribution is 0.340. The number of sulfonamides is 1. The van der Waals surface area contributed by atoms with Crippen molar-refractivity contribution < 1.29 is 17.9 Å². The van der Waals surface area contributed by atoms with Gasteiger partial charge >= 0.3 is 0 Å². The van der Waals surface area contributed by atoms with E-state index in [1.807, 2.05) is 25.1 Å². The van der Waals surface area contributed by atoms with Crippen LogP contribution >= 0.6 is 0 Å². The Balaban J connectivity index is 1.66. The summed E-state index contributed by atoms with van der Waals surface area (Å²) in [6, 6.07) is 12.4. The van der Waals surface area contributed by atoms with Gasteiger partial charge in [0.2, 0.25) is 10.0 Å². The molecule has 142 valence electrons. The van der Waals surface area contributed by atoms with Crippen LogP contribution in [0, 0.1) is 0 Å². The maximum absolute atomic E-state index is 13.1. The second-order valence-corrected chi connectivity index (χ2v) is 8.42. The number of rotatable bonds is 5. The van der Waals surface area contributed by atoms with Gasteiger partial charge in [0, 0.05) is 36.1 Å². The summed E-state index contributed by atoms with van der Waals surface area (Å²) in [6.07, 6.45) is 0.655. The molecule has 0 amide bonds. The molecular formula is C20H22N2O4S. The number of nitrogens with zero attached hydrogens (tertiary/aromatic N) is 1. The second-order valence-electron chi connectivity index (χ2n) is 6.49. The molecular weight excluding hydrogens is 364 g/mol. The minimum absolute atomic E-state index is 0.284. The van der Waals surface area contributed by atoms with Crippen molar-refractivity contribution in [3.05, 3.63) is 53.7 Å². The number of hydrogen-bond acceptors (Lipinski definition) is 4. The fourth-order valence-electron chi connectivity index (χ4n) is 3.52. The number of aromatic nitrogens is 1. The zero-order chi connectivity index (χ0) is 19.0. The number of ether oxygens (including phenoxy) is 2. The third-order valence-electron chi connectivity index (χ3n) is 4.92. The third kappa shape index (κ3) is 3.17. The summed E-state index contributed by atoms with van der Waals surface area (Å²) >= 11 is 0. The van der Waals surface area contributed by atoms with E-state index < -0.39 is 10.0 Å². The first kappa shape index (κ1) is 17.9. The van der Waals surface area contributed by atoms with Crippen molar-refractivity contribution in [2.45, 2.75) is 24.8 Å².